The lowest BCUT2D eigenvalue weighted by atomic mass is 10.1. The Morgan fingerprint density at radius 2 is 1.87 bits per heavy atom. The van der Waals surface area contributed by atoms with Gasteiger partial charge < -0.3 is 5.32 Å². The van der Waals surface area contributed by atoms with Crippen LogP contribution in [0.3, 0.4) is 0 Å². The van der Waals surface area contributed by atoms with E-state index in [1.165, 1.54) is 16.6 Å². The number of hydrogen-bond donors (Lipinski definition) is 1. The van der Waals surface area contributed by atoms with Crippen molar-refractivity contribution in [1.82, 2.24) is 18.8 Å². The number of nitrogens with zero attached hydrogens (tertiary/aromatic N) is 4. The first-order valence-corrected chi connectivity index (χ1v) is 12.5. The molecule has 0 atom stereocenters. The maximum Gasteiger partial charge on any atom is 0.255 e. The van der Waals surface area contributed by atoms with Gasteiger partial charge in [0.15, 0.2) is 0 Å². The number of anilines is 1. The second-order valence-electron chi connectivity index (χ2n) is 8.43. The van der Waals surface area contributed by atoms with Crippen LogP contribution in [0.15, 0.2) is 17.1 Å². The topological polar surface area (TPSA) is 97.2 Å². The number of hydrogen-bond acceptors (Lipinski definition) is 6. The van der Waals surface area contributed by atoms with Crippen LogP contribution in [0.4, 0.5) is 14.7 Å². The molecule has 0 amide bonds. The number of fused-ring (bicyclic) bond motifs is 1. The van der Waals surface area contributed by atoms with Gasteiger partial charge in [-0.3, -0.25) is 9.36 Å². The van der Waals surface area contributed by atoms with Gasteiger partial charge in [-0.1, -0.05) is 12.8 Å². The zero-order chi connectivity index (χ0) is 22.2. The summed E-state index contributed by atoms with van der Waals surface area (Å²) < 4.78 is 52.4. The molecule has 2 aromatic heterocycles. The van der Waals surface area contributed by atoms with E-state index < -0.39 is 28.4 Å². The molecular weight excluding hydrogens is 428 g/mol. The van der Waals surface area contributed by atoms with Crippen LogP contribution in [0.1, 0.15) is 50.1 Å². The van der Waals surface area contributed by atoms with Crippen LogP contribution in [0.2, 0.25) is 0 Å². The van der Waals surface area contributed by atoms with Crippen molar-refractivity contribution in [3.63, 3.8) is 0 Å². The second kappa shape index (κ2) is 8.78. The van der Waals surface area contributed by atoms with Crippen LogP contribution in [-0.2, 0) is 16.4 Å². The maximum absolute atomic E-state index is 13.0. The van der Waals surface area contributed by atoms with Crippen molar-refractivity contribution in [2.24, 2.45) is 0 Å². The normalized spacial score (nSPS) is 19.5. The number of alkyl halides is 2. The van der Waals surface area contributed by atoms with Crippen LogP contribution in [0, 0.1) is 0 Å². The van der Waals surface area contributed by atoms with E-state index in [9.17, 15) is 22.0 Å². The second-order valence-corrected chi connectivity index (χ2v) is 10.4. The van der Waals surface area contributed by atoms with Gasteiger partial charge in [0.1, 0.15) is 5.65 Å². The van der Waals surface area contributed by atoms with E-state index in [4.69, 9.17) is 0 Å². The van der Waals surface area contributed by atoms with Crippen LogP contribution >= 0.6 is 0 Å². The minimum atomic E-state index is -3.20. The number of piperidine rings is 1. The molecule has 1 saturated heterocycles. The van der Waals surface area contributed by atoms with Gasteiger partial charge in [-0.05, 0) is 31.7 Å². The number of rotatable bonds is 6. The van der Waals surface area contributed by atoms with Gasteiger partial charge in [-0.15, -0.1) is 0 Å². The van der Waals surface area contributed by atoms with Gasteiger partial charge in [0.25, 0.3) is 5.56 Å². The Morgan fingerprint density at radius 3 is 2.48 bits per heavy atom. The van der Waals surface area contributed by atoms with Crippen LogP contribution < -0.4 is 10.9 Å². The molecule has 31 heavy (non-hydrogen) atoms. The van der Waals surface area contributed by atoms with E-state index in [0.717, 1.165) is 25.7 Å². The molecule has 8 nitrogen and oxygen atoms in total. The molecule has 0 spiro atoms. The van der Waals surface area contributed by atoms with Gasteiger partial charge in [0, 0.05) is 48.7 Å². The van der Waals surface area contributed by atoms with Gasteiger partial charge >= 0.3 is 0 Å². The van der Waals surface area contributed by atoms with E-state index in [1.54, 1.807) is 10.8 Å². The third-order valence-electron chi connectivity index (χ3n) is 6.17. The highest BCUT2D eigenvalue weighted by Crippen LogP contribution is 2.31. The van der Waals surface area contributed by atoms with Crippen molar-refractivity contribution in [2.75, 3.05) is 24.7 Å². The molecule has 0 unspecified atom stereocenters. The lowest BCUT2D eigenvalue weighted by Crippen LogP contribution is -2.42. The average molecular weight is 456 g/mol. The summed E-state index contributed by atoms with van der Waals surface area (Å²) in [7, 11) is -3.20. The van der Waals surface area contributed by atoms with Gasteiger partial charge in [-0.2, -0.15) is 4.98 Å². The fraction of sp³-hybridized carbons (Fsp3) is 0.650. The number of pyridine rings is 1. The Bertz CT molecular complexity index is 1110. The predicted molar refractivity (Wildman–Crippen MR) is 114 cm³/mol. The SMILES string of the molecule is CS(=O)(=O)N1CCC(Nc2ncc3cc(CC(F)F)c(=O)n(C4CCCC4)c3n2)CC1. The number of aromatic nitrogens is 3. The number of nitrogens with one attached hydrogen (secondary N) is 1. The predicted octanol–water partition coefficient (Wildman–Crippen LogP) is 2.55. The zero-order valence-corrected chi connectivity index (χ0v) is 18.2. The third-order valence-corrected chi connectivity index (χ3v) is 7.47. The molecule has 0 aromatic carbocycles. The Hall–Kier alpha value is -2.14. The Labute approximate surface area is 179 Å². The number of halogens is 2. The van der Waals surface area contributed by atoms with Crippen molar-refractivity contribution < 1.29 is 17.2 Å². The van der Waals surface area contributed by atoms with E-state index >= 15 is 0 Å². The molecule has 2 fully saturated rings. The van der Waals surface area contributed by atoms with Crippen molar-refractivity contribution in [2.45, 2.75) is 63.5 Å². The largest absolute Gasteiger partial charge is 0.351 e. The average Bonchev–Trinajstić information content (AvgIpc) is 3.22. The van der Waals surface area contributed by atoms with Crippen molar-refractivity contribution >= 4 is 27.0 Å². The van der Waals surface area contributed by atoms with Crippen LogP contribution in [0.5, 0.6) is 0 Å². The molecule has 2 aliphatic rings. The molecule has 2 aromatic rings. The Kier molecular flexibility index (Phi) is 6.25. The molecule has 1 saturated carbocycles. The smallest absolute Gasteiger partial charge is 0.255 e. The summed E-state index contributed by atoms with van der Waals surface area (Å²) in [5.41, 5.74) is 0.152. The first kappa shape index (κ1) is 22.1. The monoisotopic (exact) mass is 455 g/mol. The van der Waals surface area contributed by atoms with Gasteiger partial charge in [-0.25, -0.2) is 26.5 Å². The minimum Gasteiger partial charge on any atom is -0.351 e. The minimum absolute atomic E-state index is 0.0141. The quantitative estimate of drug-likeness (QED) is 0.719. The van der Waals surface area contributed by atoms with E-state index in [2.05, 4.69) is 15.3 Å². The molecule has 1 N–H and O–H groups in total. The van der Waals surface area contributed by atoms with Crippen molar-refractivity contribution in [1.29, 1.82) is 0 Å². The van der Waals surface area contributed by atoms with Crippen LogP contribution in [0.25, 0.3) is 11.0 Å². The van der Waals surface area contributed by atoms with Gasteiger partial charge in [0.05, 0.1) is 6.26 Å². The molecule has 1 aliphatic carbocycles. The Morgan fingerprint density at radius 1 is 1.19 bits per heavy atom. The highest BCUT2D eigenvalue weighted by Gasteiger charge is 2.26. The summed E-state index contributed by atoms with van der Waals surface area (Å²) >= 11 is 0. The highest BCUT2D eigenvalue weighted by atomic mass is 32.2. The fourth-order valence-corrected chi connectivity index (χ4v) is 5.45. The lowest BCUT2D eigenvalue weighted by molar-refractivity contribution is 0.148. The van der Waals surface area contributed by atoms with Crippen molar-refractivity contribution in [3.8, 4) is 0 Å². The summed E-state index contributed by atoms with van der Waals surface area (Å²) in [5, 5.41) is 3.82. The van der Waals surface area contributed by atoms with Crippen LogP contribution in [-0.4, -0.2) is 59.1 Å². The van der Waals surface area contributed by atoms with Gasteiger partial charge in [0.2, 0.25) is 22.4 Å². The highest BCUT2D eigenvalue weighted by molar-refractivity contribution is 7.88. The fourth-order valence-electron chi connectivity index (χ4n) is 4.57. The first-order chi connectivity index (χ1) is 14.7. The van der Waals surface area contributed by atoms with Crippen molar-refractivity contribution in [3.05, 3.63) is 28.2 Å². The molecule has 1 aliphatic heterocycles. The standard InChI is InChI=1S/C20H27F2N5O3S/c1-31(29,30)26-8-6-15(7-9-26)24-20-23-12-14-10-13(11-17(21)22)19(28)27(18(14)25-20)16-4-2-3-5-16/h10,12,15-17H,2-9,11H2,1H3,(H,23,24,25). The maximum atomic E-state index is 13.0. The lowest BCUT2D eigenvalue weighted by Gasteiger charge is -2.30. The van der Waals surface area contributed by atoms with E-state index in [1.807, 2.05) is 0 Å². The zero-order valence-electron chi connectivity index (χ0n) is 17.4. The molecular formula is C20H27F2N5O3S. The molecule has 4 rings (SSSR count). The summed E-state index contributed by atoms with van der Waals surface area (Å²) in [6.45, 7) is 0.849. The summed E-state index contributed by atoms with van der Waals surface area (Å²) in [4.78, 5) is 21.9. The Balaban J connectivity index is 1.63. The molecule has 170 valence electrons. The molecule has 3 heterocycles. The third kappa shape index (κ3) is 4.87. The molecule has 0 radical (unpaired) electrons. The summed E-state index contributed by atoms with van der Waals surface area (Å²) in [6, 6.07) is 1.44. The molecule has 11 heteroatoms. The molecule has 0 bridgehead atoms. The van der Waals surface area contributed by atoms with E-state index in [-0.39, 0.29) is 17.6 Å². The first-order valence-electron chi connectivity index (χ1n) is 10.6. The van der Waals surface area contributed by atoms with E-state index in [0.29, 0.717) is 42.9 Å². The summed E-state index contributed by atoms with van der Waals surface area (Å²) in [5.74, 6) is 0.359. The summed E-state index contributed by atoms with van der Waals surface area (Å²) in [6.07, 6.45) is 4.47. The number of sulfonamides is 1.